The Morgan fingerprint density at radius 1 is 1.35 bits per heavy atom. The maximum absolute atomic E-state index is 11.5. The molecule has 10 nitrogen and oxygen atoms in total. The molecular formula is C16H14N6O4. The van der Waals surface area contributed by atoms with E-state index in [0.29, 0.717) is 12.2 Å². The lowest BCUT2D eigenvalue weighted by Crippen LogP contribution is -2.06. The van der Waals surface area contributed by atoms with E-state index in [1.165, 1.54) is 19.5 Å². The molecule has 1 N–H and O–H groups in total. The third-order valence-electron chi connectivity index (χ3n) is 3.43. The van der Waals surface area contributed by atoms with E-state index in [2.05, 4.69) is 25.1 Å². The lowest BCUT2D eigenvalue weighted by atomic mass is 10.2. The number of hydrogen-bond acceptors (Lipinski definition) is 8. The molecule has 0 spiro atoms. The zero-order valence-electron chi connectivity index (χ0n) is 13.7. The molecule has 0 bridgehead atoms. The second-order valence-corrected chi connectivity index (χ2v) is 5.21. The Kier molecular flexibility index (Phi) is 4.83. The number of nitro groups is 1. The fourth-order valence-corrected chi connectivity index (χ4v) is 2.23. The molecule has 10 heteroatoms. The predicted molar refractivity (Wildman–Crippen MR) is 91.1 cm³/mol. The molecule has 0 aliphatic rings. The molecule has 0 aromatic carbocycles. The summed E-state index contributed by atoms with van der Waals surface area (Å²) in [6.45, 7) is 0.458. The van der Waals surface area contributed by atoms with Crippen LogP contribution in [-0.2, 0) is 11.3 Å². The van der Waals surface area contributed by atoms with Crippen LogP contribution in [0.1, 0.15) is 16.1 Å². The van der Waals surface area contributed by atoms with Crippen LogP contribution in [0.3, 0.4) is 0 Å². The third kappa shape index (κ3) is 3.80. The number of aromatic nitrogens is 4. The lowest BCUT2D eigenvalue weighted by molar-refractivity contribution is -0.384. The van der Waals surface area contributed by atoms with Crippen LogP contribution in [0, 0.1) is 10.1 Å². The van der Waals surface area contributed by atoms with E-state index in [9.17, 15) is 14.9 Å². The number of carbonyl (C=O) groups is 1. The highest BCUT2D eigenvalue weighted by molar-refractivity contribution is 5.90. The van der Waals surface area contributed by atoms with Gasteiger partial charge in [0.25, 0.3) is 0 Å². The minimum atomic E-state index is -0.699. The Morgan fingerprint density at radius 2 is 2.19 bits per heavy atom. The van der Waals surface area contributed by atoms with E-state index >= 15 is 0 Å². The Morgan fingerprint density at radius 3 is 2.88 bits per heavy atom. The second kappa shape index (κ2) is 7.38. The first kappa shape index (κ1) is 17.0. The summed E-state index contributed by atoms with van der Waals surface area (Å²) in [5.41, 5.74) is 0.997. The fourth-order valence-electron chi connectivity index (χ4n) is 2.23. The number of esters is 1. The van der Waals surface area contributed by atoms with Gasteiger partial charge in [0.2, 0.25) is 5.82 Å². The van der Waals surface area contributed by atoms with Gasteiger partial charge in [0.15, 0.2) is 0 Å². The van der Waals surface area contributed by atoms with Crippen LogP contribution in [0.5, 0.6) is 0 Å². The SMILES string of the molecule is COC(=O)c1cnc(Nc2cnn(Cc3ccccn3)c2)c([N+](=O)[O-])c1. The molecule has 0 saturated carbocycles. The predicted octanol–water partition coefficient (Wildman–Crippen LogP) is 2.16. The normalized spacial score (nSPS) is 10.3. The summed E-state index contributed by atoms with van der Waals surface area (Å²) in [4.78, 5) is 30.3. The van der Waals surface area contributed by atoms with E-state index in [1.54, 1.807) is 17.1 Å². The number of hydrogen-bond donors (Lipinski definition) is 1. The van der Waals surface area contributed by atoms with Crippen molar-refractivity contribution in [3.05, 3.63) is 70.4 Å². The van der Waals surface area contributed by atoms with Gasteiger partial charge in [-0.15, -0.1) is 0 Å². The van der Waals surface area contributed by atoms with E-state index in [0.717, 1.165) is 11.8 Å². The molecule has 3 aromatic rings. The Hall–Kier alpha value is -3.82. The molecule has 0 saturated heterocycles. The molecular weight excluding hydrogens is 340 g/mol. The van der Waals surface area contributed by atoms with Gasteiger partial charge in [-0.05, 0) is 12.1 Å². The van der Waals surface area contributed by atoms with E-state index < -0.39 is 10.9 Å². The summed E-state index contributed by atoms with van der Waals surface area (Å²) in [5, 5.41) is 18.3. The molecule has 0 fully saturated rings. The van der Waals surface area contributed by atoms with Crippen molar-refractivity contribution >= 4 is 23.2 Å². The van der Waals surface area contributed by atoms with Crippen molar-refractivity contribution in [3.63, 3.8) is 0 Å². The van der Waals surface area contributed by atoms with Crippen molar-refractivity contribution in [2.45, 2.75) is 6.54 Å². The van der Waals surface area contributed by atoms with Crippen LogP contribution in [-0.4, -0.2) is 37.8 Å². The first-order valence-electron chi connectivity index (χ1n) is 7.49. The lowest BCUT2D eigenvalue weighted by Gasteiger charge is -2.05. The van der Waals surface area contributed by atoms with Crippen molar-refractivity contribution in [2.75, 3.05) is 12.4 Å². The van der Waals surface area contributed by atoms with Crippen LogP contribution in [0.4, 0.5) is 17.2 Å². The first-order valence-corrected chi connectivity index (χ1v) is 7.49. The molecule has 132 valence electrons. The van der Waals surface area contributed by atoms with Crippen molar-refractivity contribution < 1.29 is 14.5 Å². The molecule has 0 amide bonds. The van der Waals surface area contributed by atoms with Crippen molar-refractivity contribution in [3.8, 4) is 0 Å². The van der Waals surface area contributed by atoms with Crippen LogP contribution in [0.15, 0.2) is 49.1 Å². The highest BCUT2D eigenvalue weighted by Gasteiger charge is 2.20. The zero-order chi connectivity index (χ0) is 18.5. The summed E-state index contributed by atoms with van der Waals surface area (Å²) >= 11 is 0. The van der Waals surface area contributed by atoms with E-state index in [1.807, 2.05) is 18.2 Å². The van der Waals surface area contributed by atoms with Gasteiger partial charge in [0.05, 0.1) is 41.7 Å². The Bertz CT molecular complexity index is 941. The van der Waals surface area contributed by atoms with Gasteiger partial charge < -0.3 is 10.1 Å². The maximum atomic E-state index is 11.5. The number of methoxy groups -OCH3 is 1. The minimum absolute atomic E-state index is 0.0000363. The molecule has 26 heavy (non-hydrogen) atoms. The van der Waals surface area contributed by atoms with E-state index in [-0.39, 0.29) is 17.1 Å². The van der Waals surface area contributed by atoms with Crippen LogP contribution < -0.4 is 5.32 Å². The van der Waals surface area contributed by atoms with Gasteiger partial charge >= 0.3 is 11.7 Å². The summed E-state index contributed by atoms with van der Waals surface area (Å²) in [6.07, 6.45) is 6.09. The number of carbonyl (C=O) groups excluding carboxylic acids is 1. The number of rotatable bonds is 6. The van der Waals surface area contributed by atoms with E-state index in [4.69, 9.17) is 0 Å². The number of anilines is 2. The monoisotopic (exact) mass is 354 g/mol. The van der Waals surface area contributed by atoms with Crippen molar-refractivity contribution in [1.29, 1.82) is 0 Å². The smallest absolute Gasteiger partial charge is 0.339 e. The van der Waals surface area contributed by atoms with Gasteiger partial charge in [0.1, 0.15) is 0 Å². The molecule has 0 radical (unpaired) electrons. The van der Waals surface area contributed by atoms with Gasteiger partial charge in [0, 0.05) is 24.7 Å². The Balaban J connectivity index is 1.80. The average molecular weight is 354 g/mol. The molecule has 0 aliphatic carbocycles. The maximum Gasteiger partial charge on any atom is 0.339 e. The third-order valence-corrected chi connectivity index (χ3v) is 3.43. The second-order valence-electron chi connectivity index (χ2n) is 5.21. The van der Waals surface area contributed by atoms with Crippen molar-refractivity contribution in [1.82, 2.24) is 19.7 Å². The van der Waals surface area contributed by atoms with Crippen molar-refractivity contribution in [2.24, 2.45) is 0 Å². The minimum Gasteiger partial charge on any atom is -0.465 e. The van der Waals surface area contributed by atoms with Crippen LogP contribution >= 0.6 is 0 Å². The van der Waals surface area contributed by atoms with Gasteiger partial charge in [-0.2, -0.15) is 5.10 Å². The molecule has 0 unspecified atom stereocenters. The largest absolute Gasteiger partial charge is 0.465 e. The molecule has 0 aliphatic heterocycles. The number of ether oxygens (including phenoxy) is 1. The van der Waals surface area contributed by atoms with Gasteiger partial charge in [-0.25, -0.2) is 9.78 Å². The highest BCUT2D eigenvalue weighted by Crippen LogP contribution is 2.26. The first-order chi connectivity index (χ1) is 12.6. The topological polar surface area (TPSA) is 125 Å². The summed E-state index contributed by atoms with van der Waals surface area (Å²) < 4.78 is 6.19. The molecule has 3 aromatic heterocycles. The quantitative estimate of drug-likeness (QED) is 0.405. The molecule has 3 heterocycles. The standard InChI is InChI=1S/C16H14N6O4/c1-26-16(23)11-6-14(22(24)25)15(18-7-11)20-13-8-19-21(10-13)9-12-4-2-3-5-17-12/h2-8,10H,9H2,1H3,(H,18,20). The van der Waals surface area contributed by atoms with Gasteiger partial charge in [-0.3, -0.25) is 19.8 Å². The summed E-state index contributed by atoms with van der Waals surface area (Å²) in [5.74, 6) is -0.699. The zero-order valence-corrected chi connectivity index (χ0v) is 13.7. The van der Waals surface area contributed by atoms with Gasteiger partial charge in [-0.1, -0.05) is 6.07 Å². The Labute approximate surface area is 147 Å². The average Bonchev–Trinajstić information content (AvgIpc) is 3.09. The number of nitrogens with zero attached hydrogens (tertiary/aromatic N) is 5. The number of pyridine rings is 2. The van der Waals surface area contributed by atoms with Crippen LogP contribution in [0.25, 0.3) is 0 Å². The summed E-state index contributed by atoms with van der Waals surface area (Å²) in [6, 6.07) is 6.68. The fraction of sp³-hybridized carbons (Fsp3) is 0.125. The summed E-state index contributed by atoms with van der Waals surface area (Å²) in [7, 11) is 1.19. The molecule has 0 atom stereocenters. The highest BCUT2D eigenvalue weighted by atomic mass is 16.6. The molecule has 3 rings (SSSR count). The number of nitrogens with one attached hydrogen (secondary N) is 1. The van der Waals surface area contributed by atoms with Crippen LogP contribution in [0.2, 0.25) is 0 Å².